The number of hydrogen-bond donors (Lipinski definition) is 1. The van der Waals surface area contributed by atoms with Gasteiger partial charge in [-0.1, -0.05) is 0 Å². The number of thiazole rings is 1. The summed E-state index contributed by atoms with van der Waals surface area (Å²) in [5, 5.41) is 18.2. The lowest BCUT2D eigenvalue weighted by Crippen LogP contribution is -2.05. The van der Waals surface area contributed by atoms with Crippen molar-refractivity contribution in [3.8, 4) is 21.8 Å². The Morgan fingerprint density at radius 3 is 2.55 bits per heavy atom. The first-order valence-electron chi connectivity index (χ1n) is 9.00. The van der Waals surface area contributed by atoms with Crippen LogP contribution in [0.4, 0.5) is 24.8 Å². The molecule has 31 heavy (non-hydrogen) atoms. The second kappa shape index (κ2) is 7.43. The number of nitrogens with one attached hydrogen (secondary N) is 1. The van der Waals surface area contributed by atoms with E-state index in [4.69, 9.17) is 0 Å². The molecule has 11 heteroatoms. The highest BCUT2D eigenvalue weighted by Gasteiger charge is 2.30. The fraction of sp³-hybridized carbons (Fsp3) is 0.0500. The molecule has 0 fully saturated rings. The van der Waals surface area contributed by atoms with E-state index in [2.05, 4.69) is 30.6 Å². The molecule has 0 spiro atoms. The van der Waals surface area contributed by atoms with Crippen LogP contribution in [-0.2, 0) is 6.18 Å². The van der Waals surface area contributed by atoms with Gasteiger partial charge >= 0.3 is 6.18 Å². The van der Waals surface area contributed by atoms with Crippen molar-refractivity contribution in [1.29, 1.82) is 0 Å². The maximum Gasteiger partial charge on any atom is 0.416 e. The lowest BCUT2D eigenvalue weighted by Gasteiger charge is -2.09. The fourth-order valence-electron chi connectivity index (χ4n) is 3.04. The second-order valence-electron chi connectivity index (χ2n) is 6.47. The number of hydrogen-bond acceptors (Lipinski definition) is 7. The molecule has 0 aliphatic carbocycles. The van der Waals surface area contributed by atoms with E-state index >= 15 is 0 Å². The van der Waals surface area contributed by atoms with Gasteiger partial charge < -0.3 is 5.32 Å². The average molecular weight is 439 g/mol. The van der Waals surface area contributed by atoms with Gasteiger partial charge in [-0.25, -0.2) is 4.98 Å². The van der Waals surface area contributed by atoms with Gasteiger partial charge in [-0.3, -0.25) is 4.98 Å². The van der Waals surface area contributed by atoms with Gasteiger partial charge in [-0.15, -0.1) is 21.5 Å². The van der Waals surface area contributed by atoms with E-state index in [-0.39, 0.29) is 5.95 Å². The third-order valence-corrected chi connectivity index (χ3v) is 5.28. The molecule has 0 aliphatic heterocycles. The van der Waals surface area contributed by atoms with Crippen LogP contribution < -0.4 is 5.32 Å². The van der Waals surface area contributed by atoms with Crippen LogP contribution in [0.25, 0.3) is 27.5 Å². The van der Waals surface area contributed by atoms with E-state index in [9.17, 15) is 13.2 Å². The number of halogens is 3. The van der Waals surface area contributed by atoms with E-state index in [1.54, 1.807) is 24.7 Å². The number of fused-ring (bicyclic) bond motifs is 1. The zero-order valence-corrected chi connectivity index (χ0v) is 16.4. The van der Waals surface area contributed by atoms with Crippen molar-refractivity contribution in [2.75, 3.05) is 5.32 Å². The average Bonchev–Trinajstić information content (AvgIpc) is 3.44. The standard InChI is InChI=1S/C20H12F3N7S/c21-20(22,23)13-3-5-14(6-4-13)27-19-29-28-16-10-12(11-26-30(16)19)17-15(2-1-7-24-17)18-25-8-9-31-18/h1-11H,(H,27,29). The fourth-order valence-corrected chi connectivity index (χ4v) is 3.70. The zero-order chi connectivity index (χ0) is 21.4. The highest BCUT2D eigenvalue weighted by Crippen LogP contribution is 2.32. The van der Waals surface area contributed by atoms with Gasteiger partial charge in [0.15, 0.2) is 5.65 Å². The number of aromatic nitrogens is 6. The number of alkyl halides is 3. The summed E-state index contributed by atoms with van der Waals surface area (Å²) in [6, 6.07) is 10.2. The van der Waals surface area contributed by atoms with Crippen LogP contribution in [0, 0.1) is 0 Å². The minimum atomic E-state index is -4.39. The number of rotatable bonds is 4. The molecule has 5 aromatic rings. The normalized spacial score (nSPS) is 11.7. The molecule has 0 bridgehead atoms. The number of pyridine rings is 1. The summed E-state index contributed by atoms with van der Waals surface area (Å²) in [7, 11) is 0. The van der Waals surface area contributed by atoms with Gasteiger partial charge in [0.2, 0.25) is 5.95 Å². The lowest BCUT2D eigenvalue weighted by atomic mass is 10.1. The molecule has 4 aromatic heterocycles. The summed E-state index contributed by atoms with van der Waals surface area (Å²) in [6.07, 6.45) is 0.669. The first-order valence-corrected chi connectivity index (χ1v) is 9.88. The number of anilines is 2. The van der Waals surface area contributed by atoms with Gasteiger partial charge in [0.1, 0.15) is 5.01 Å². The first-order chi connectivity index (χ1) is 15.0. The Morgan fingerprint density at radius 1 is 0.968 bits per heavy atom. The molecule has 0 unspecified atom stereocenters. The monoisotopic (exact) mass is 439 g/mol. The van der Waals surface area contributed by atoms with Crippen molar-refractivity contribution >= 4 is 28.6 Å². The Labute approximate surface area is 177 Å². The summed E-state index contributed by atoms with van der Waals surface area (Å²) < 4.78 is 39.7. The quantitative estimate of drug-likeness (QED) is 0.421. The molecule has 5 rings (SSSR count). The molecule has 154 valence electrons. The molecular formula is C20H12F3N7S. The predicted octanol–water partition coefficient (Wildman–Crippen LogP) is 5.07. The minimum absolute atomic E-state index is 0.280. The first kappa shape index (κ1) is 19.1. The van der Waals surface area contributed by atoms with Crippen molar-refractivity contribution in [3.63, 3.8) is 0 Å². The van der Waals surface area contributed by atoms with Crippen LogP contribution in [0.5, 0.6) is 0 Å². The smallest absolute Gasteiger partial charge is 0.323 e. The Hall–Kier alpha value is -3.86. The molecule has 0 amide bonds. The maximum atomic E-state index is 12.7. The molecule has 0 saturated heterocycles. The molecular weight excluding hydrogens is 427 g/mol. The molecule has 0 saturated carbocycles. The Bertz CT molecular complexity index is 1350. The van der Waals surface area contributed by atoms with E-state index in [1.807, 2.05) is 17.5 Å². The van der Waals surface area contributed by atoms with E-state index in [0.717, 1.165) is 28.3 Å². The van der Waals surface area contributed by atoms with Crippen molar-refractivity contribution in [1.82, 2.24) is 29.8 Å². The van der Waals surface area contributed by atoms with Crippen LogP contribution in [0.1, 0.15) is 5.56 Å². The van der Waals surface area contributed by atoms with Crippen molar-refractivity contribution in [3.05, 3.63) is 72.0 Å². The van der Waals surface area contributed by atoms with Gasteiger partial charge in [0.05, 0.1) is 17.5 Å². The Morgan fingerprint density at radius 2 is 1.81 bits per heavy atom. The highest BCUT2D eigenvalue weighted by atomic mass is 32.1. The van der Waals surface area contributed by atoms with Crippen molar-refractivity contribution < 1.29 is 13.2 Å². The number of benzene rings is 1. The third kappa shape index (κ3) is 3.70. The summed E-state index contributed by atoms with van der Waals surface area (Å²) in [6.45, 7) is 0. The molecule has 1 N–H and O–H groups in total. The third-order valence-electron chi connectivity index (χ3n) is 4.47. The minimum Gasteiger partial charge on any atom is -0.323 e. The Kier molecular flexibility index (Phi) is 4.59. The van der Waals surface area contributed by atoms with Gasteiger partial charge in [0, 0.05) is 34.6 Å². The summed E-state index contributed by atoms with van der Waals surface area (Å²) in [4.78, 5) is 8.83. The molecule has 7 nitrogen and oxygen atoms in total. The predicted molar refractivity (Wildman–Crippen MR) is 110 cm³/mol. The second-order valence-corrected chi connectivity index (χ2v) is 7.37. The lowest BCUT2D eigenvalue weighted by molar-refractivity contribution is -0.137. The molecule has 0 aliphatic rings. The van der Waals surface area contributed by atoms with E-state index < -0.39 is 11.7 Å². The maximum absolute atomic E-state index is 12.7. The SMILES string of the molecule is FC(F)(F)c1ccc(Nc2nnc3cc(-c4ncccc4-c4nccs4)cnn23)cc1. The number of nitrogens with zero attached hydrogens (tertiary/aromatic N) is 6. The van der Waals surface area contributed by atoms with E-state index in [1.165, 1.54) is 28.0 Å². The summed E-state index contributed by atoms with van der Waals surface area (Å²) >= 11 is 1.51. The van der Waals surface area contributed by atoms with Crippen molar-refractivity contribution in [2.45, 2.75) is 6.18 Å². The van der Waals surface area contributed by atoms with E-state index in [0.29, 0.717) is 17.0 Å². The van der Waals surface area contributed by atoms with Crippen molar-refractivity contribution in [2.24, 2.45) is 0 Å². The van der Waals surface area contributed by atoms with Gasteiger partial charge in [0.25, 0.3) is 0 Å². The van der Waals surface area contributed by atoms with Crippen LogP contribution in [0.2, 0.25) is 0 Å². The molecule has 1 aromatic carbocycles. The van der Waals surface area contributed by atoms with Gasteiger partial charge in [-0.05, 0) is 42.5 Å². The van der Waals surface area contributed by atoms with Gasteiger partial charge in [-0.2, -0.15) is 22.8 Å². The van der Waals surface area contributed by atoms with Crippen LogP contribution in [0.3, 0.4) is 0 Å². The molecule has 0 radical (unpaired) electrons. The molecule has 0 atom stereocenters. The molecule has 4 heterocycles. The van der Waals surface area contributed by atoms with Crippen LogP contribution in [0.15, 0.2) is 66.4 Å². The zero-order valence-electron chi connectivity index (χ0n) is 15.6. The Balaban J connectivity index is 1.47. The largest absolute Gasteiger partial charge is 0.416 e. The summed E-state index contributed by atoms with van der Waals surface area (Å²) in [5.41, 5.74) is 2.51. The van der Waals surface area contributed by atoms with Crippen LogP contribution in [-0.4, -0.2) is 29.8 Å². The van der Waals surface area contributed by atoms with Crippen LogP contribution >= 0.6 is 11.3 Å². The highest BCUT2D eigenvalue weighted by molar-refractivity contribution is 7.13. The topological polar surface area (TPSA) is 80.9 Å². The summed E-state index contributed by atoms with van der Waals surface area (Å²) in [5.74, 6) is 0.280.